The summed E-state index contributed by atoms with van der Waals surface area (Å²) in [5.74, 6) is 0.0675. The third-order valence-electron chi connectivity index (χ3n) is 2.10. The van der Waals surface area contributed by atoms with Crippen LogP contribution in [0.25, 0.3) is 0 Å². The lowest BCUT2D eigenvalue weighted by atomic mass is 10.2. The van der Waals surface area contributed by atoms with E-state index in [1.165, 1.54) is 12.3 Å². The van der Waals surface area contributed by atoms with E-state index in [0.29, 0.717) is 11.7 Å². The van der Waals surface area contributed by atoms with Gasteiger partial charge in [0, 0.05) is 19.8 Å². The molecule has 1 heterocycles. The van der Waals surface area contributed by atoms with E-state index in [4.69, 9.17) is 16.7 Å². The molecule has 1 aromatic heterocycles. The summed E-state index contributed by atoms with van der Waals surface area (Å²) in [4.78, 5) is 16.9. The molecule has 0 saturated heterocycles. The lowest BCUT2D eigenvalue weighted by Gasteiger charge is -2.20. The van der Waals surface area contributed by atoms with Gasteiger partial charge >= 0.3 is 5.97 Å². The fourth-order valence-corrected chi connectivity index (χ4v) is 1.63. The lowest BCUT2D eigenvalue weighted by molar-refractivity contribution is 0.0697. The van der Waals surface area contributed by atoms with Crippen molar-refractivity contribution in [1.82, 2.24) is 4.98 Å². The van der Waals surface area contributed by atoms with E-state index in [-0.39, 0.29) is 10.6 Å². The van der Waals surface area contributed by atoms with Gasteiger partial charge in [-0.3, -0.25) is 0 Å². The standard InChI is InChI=1S/C11H15ClN2O2/c1-7(2)6-14(3)10-4-8(11(15)16)9(12)5-13-10/h4-5,7H,6H2,1-3H3,(H,15,16). The van der Waals surface area contributed by atoms with Crippen LogP contribution in [-0.2, 0) is 0 Å². The monoisotopic (exact) mass is 242 g/mol. The van der Waals surface area contributed by atoms with Crippen molar-refractivity contribution >= 4 is 23.4 Å². The molecule has 0 saturated carbocycles. The highest BCUT2D eigenvalue weighted by atomic mass is 35.5. The molecule has 88 valence electrons. The van der Waals surface area contributed by atoms with E-state index < -0.39 is 5.97 Å². The molecule has 0 fully saturated rings. The Labute approximate surface area is 99.9 Å². The van der Waals surface area contributed by atoms with Crippen LogP contribution in [0.3, 0.4) is 0 Å². The van der Waals surface area contributed by atoms with Crippen LogP contribution in [0.4, 0.5) is 5.82 Å². The van der Waals surface area contributed by atoms with Gasteiger partial charge < -0.3 is 10.0 Å². The van der Waals surface area contributed by atoms with Crippen molar-refractivity contribution in [3.63, 3.8) is 0 Å². The molecule has 1 rings (SSSR count). The number of aromatic carboxylic acids is 1. The summed E-state index contributed by atoms with van der Waals surface area (Å²) in [6, 6.07) is 1.49. The van der Waals surface area contributed by atoms with Gasteiger partial charge in [0.2, 0.25) is 0 Å². The SMILES string of the molecule is CC(C)CN(C)c1cc(C(=O)O)c(Cl)cn1. The van der Waals surface area contributed by atoms with Crippen LogP contribution in [0, 0.1) is 5.92 Å². The molecule has 16 heavy (non-hydrogen) atoms. The minimum Gasteiger partial charge on any atom is -0.478 e. The topological polar surface area (TPSA) is 53.4 Å². The van der Waals surface area contributed by atoms with E-state index in [1.54, 1.807) is 0 Å². The van der Waals surface area contributed by atoms with Crippen LogP contribution in [0.5, 0.6) is 0 Å². The number of aromatic nitrogens is 1. The number of hydrogen-bond donors (Lipinski definition) is 1. The van der Waals surface area contributed by atoms with Gasteiger partial charge in [-0.2, -0.15) is 0 Å². The maximum Gasteiger partial charge on any atom is 0.337 e. The van der Waals surface area contributed by atoms with Crippen molar-refractivity contribution in [1.29, 1.82) is 0 Å². The summed E-state index contributed by atoms with van der Waals surface area (Å²) >= 11 is 5.74. The molecule has 0 spiro atoms. The molecule has 0 aromatic carbocycles. The molecule has 0 amide bonds. The molecular weight excluding hydrogens is 228 g/mol. The Morgan fingerprint density at radius 3 is 2.75 bits per heavy atom. The van der Waals surface area contributed by atoms with Crippen molar-refractivity contribution in [2.24, 2.45) is 5.92 Å². The maximum absolute atomic E-state index is 10.9. The summed E-state index contributed by atoms with van der Waals surface area (Å²) in [6.07, 6.45) is 1.37. The largest absolute Gasteiger partial charge is 0.478 e. The third-order valence-corrected chi connectivity index (χ3v) is 2.40. The number of hydrogen-bond acceptors (Lipinski definition) is 3. The summed E-state index contributed by atoms with van der Waals surface area (Å²) in [6.45, 7) is 4.99. The van der Waals surface area contributed by atoms with Crippen LogP contribution in [0.1, 0.15) is 24.2 Å². The van der Waals surface area contributed by atoms with Crippen LogP contribution in [0.2, 0.25) is 5.02 Å². The second kappa shape index (κ2) is 5.16. The van der Waals surface area contributed by atoms with E-state index in [9.17, 15) is 4.79 Å². The lowest BCUT2D eigenvalue weighted by Crippen LogP contribution is -2.23. The van der Waals surface area contributed by atoms with E-state index in [0.717, 1.165) is 6.54 Å². The van der Waals surface area contributed by atoms with E-state index >= 15 is 0 Å². The second-order valence-electron chi connectivity index (χ2n) is 4.10. The van der Waals surface area contributed by atoms with Gasteiger partial charge in [-0.15, -0.1) is 0 Å². The smallest absolute Gasteiger partial charge is 0.337 e. The maximum atomic E-state index is 10.9. The molecule has 0 aliphatic carbocycles. The van der Waals surface area contributed by atoms with Crippen LogP contribution < -0.4 is 4.90 Å². The molecule has 0 unspecified atom stereocenters. The van der Waals surface area contributed by atoms with Gasteiger partial charge in [-0.25, -0.2) is 9.78 Å². The number of nitrogens with zero attached hydrogens (tertiary/aromatic N) is 2. The quantitative estimate of drug-likeness (QED) is 0.882. The molecule has 0 bridgehead atoms. The average molecular weight is 243 g/mol. The highest BCUT2D eigenvalue weighted by Gasteiger charge is 2.12. The Balaban J connectivity index is 2.98. The number of carboxylic acid groups (broad SMARTS) is 1. The normalized spacial score (nSPS) is 10.6. The summed E-state index contributed by atoms with van der Waals surface area (Å²) < 4.78 is 0. The van der Waals surface area contributed by atoms with Crippen molar-refractivity contribution in [2.75, 3.05) is 18.5 Å². The number of rotatable bonds is 4. The summed E-state index contributed by atoms with van der Waals surface area (Å²) in [5, 5.41) is 9.08. The molecule has 0 radical (unpaired) electrons. The molecule has 1 aromatic rings. The molecular formula is C11H15ClN2O2. The predicted octanol–water partition coefficient (Wildman–Crippen LogP) is 2.53. The number of carbonyl (C=O) groups is 1. The van der Waals surface area contributed by atoms with E-state index in [1.807, 2.05) is 11.9 Å². The van der Waals surface area contributed by atoms with Crippen LogP contribution in [-0.4, -0.2) is 29.7 Å². The van der Waals surface area contributed by atoms with Crippen molar-refractivity contribution in [3.8, 4) is 0 Å². The predicted molar refractivity (Wildman–Crippen MR) is 64.3 cm³/mol. The number of halogens is 1. The molecule has 0 aliphatic heterocycles. The Morgan fingerprint density at radius 1 is 1.62 bits per heavy atom. The molecule has 4 nitrogen and oxygen atoms in total. The minimum absolute atomic E-state index is 0.0854. The molecule has 5 heteroatoms. The number of pyridine rings is 1. The van der Waals surface area contributed by atoms with Crippen molar-refractivity contribution < 1.29 is 9.90 Å². The van der Waals surface area contributed by atoms with E-state index in [2.05, 4.69) is 18.8 Å². The van der Waals surface area contributed by atoms with Gasteiger partial charge in [-0.1, -0.05) is 25.4 Å². The van der Waals surface area contributed by atoms with Crippen molar-refractivity contribution in [3.05, 3.63) is 22.8 Å². The van der Waals surface area contributed by atoms with Gasteiger partial charge in [0.1, 0.15) is 5.82 Å². The van der Waals surface area contributed by atoms with Crippen molar-refractivity contribution in [2.45, 2.75) is 13.8 Å². The molecule has 0 aliphatic rings. The van der Waals surface area contributed by atoms with Gasteiger partial charge in [0.05, 0.1) is 10.6 Å². The number of anilines is 1. The highest BCUT2D eigenvalue weighted by molar-refractivity contribution is 6.33. The highest BCUT2D eigenvalue weighted by Crippen LogP contribution is 2.20. The van der Waals surface area contributed by atoms with Crippen LogP contribution in [0.15, 0.2) is 12.3 Å². The first kappa shape index (κ1) is 12.8. The summed E-state index contributed by atoms with van der Waals surface area (Å²) in [7, 11) is 1.88. The Hall–Kier alpha value is -1.29. The van der Waals surface area contributed by atoms with Crippen LogP contribution >= 0.6 is 11.6 Å². The van der Waals surface area contributed by atoms with Gasteiger partial charge in [0.25, 0.3) is 0 Å². The van der Waals surface area contributed by atoms with Gasteiger partial charge in [0.15, 0.2) is 0 Å². The number of carboxylic acids is 1. The summed E-state index contributed by atoms with van der Waals surface area (Å²) in [5.41, 5.74) is 0.0854. The first-order valence-electron chi connectivity index (χ1n) is 5.01. The Kier molecular flexibility index (Phi) is 4.12. The zero-order chi connectivity index (χ0) is 12.3. The third kappa shape index (κ3) is 3.10. The zero-order valence-corrected chi connectivity index (χ0v) is 10.3. The molecule has 1 N–H and O–H groups in total. The fourth-order valence-electron chi connectivity index (χ4n) is 1.44. The first-order valence-corrected chi connectivity index (χ1v) is 5.39. The van der Waals surface area contributed by atoms with Gasteiger partial charge in [-0.05, 0) is 12.0 Å². The molecule has 0 atom stereocenters. The zero-order valence-electron chi connectivity index (χ0n) is 9.57. The average Bonchev–Trinajstić information content (AvgIpc) is 2.16. The second-order valence-corrected chi connectivity index (χ2v) is 4.51. The minimum atomic E-state index is -1.04. The fraction of sp³-hybridized carbons (Fsp3) is 0.455. The Bertz CT molecular complexity index is 394. The Morgan fingerprint density at radius 2 is 2.25 bits per heavy atom. The first-order chi connectivity index (χ1) is 7.41.